The van der Waals surface area contributed by atoms with Gasteiger partial charge in [-0.2, -0.15) is 0 Å². The Balaban J connectivity index is 1.95. The Hall–Kier alpha value is -0.530. The van der Waals surface area contributed by atoms with Crippen molar-refractivity contribution in [2.45, 2.75) is 77.7 Å². The number of ether oxygens (including phenoxy) is 1. The van der Waals surface area contributed by atoms with Crippen molar-refractivity contribution in [1.29, 1.82) is 0 Å². The molecule has 2 saturated carbocycles. The van der Waals surface area contributed by atoms with Crippen molar-refractivity contribution in [2.24, 2.45) is 11.3 Å². The van der Waals surface area contributed by atoms with E-state index >= 15 is 0 Å². The van der Waals surface area contributed by atoms with E-state index in [1.54, 1.807) is 0 Å². The first-order valence-electron chi connectivity index (χ1n) is 7.13. The molecule has 0 amide bonds. The molecule has 0 aromatic heterocycles. The quantitative estimate of drug-likeness (QED) is 0.643. The van der Waals surface area contributed by atoms with Crippen molar-refractivity contribution in [1.82, 2.24) is 0 Å². The Labute approximate surface area is 105 Å². The second kappa shape index (κ2) is 4.62. The number of carbonyl (C=O) groups is 1. The van der Waals surface area contributed by atoms with Gasteiger partial charge in [0.15, 0.2) is 0 Å². The molecule has 0 saturated heterocycles. The first-order valence-corrected chi connectivity index (χ1v) is 7.13. The van der Waals surface area contributed by atoms with Gasteiger partial charge in [-0.25, -0.2) is 0 Å². The largest absolute Gasteiger partial charge is 0.460 e. The monoisotopic (exact) mass is 238 g/mol. The van der Waals surface area contributed by atoms with Crippen LogP contribution in [0.4, 0.5) is 0 Å². The zero-order valence-electron chi connectivity index (χ0n) is 11.6. The lowest BCUT2D eigenvalue weighted by atomic mass is 9.68. The van der Waals surface area contributed by atoms with Gasteiger partial charge in [0.1, 0.15) is 5.60 Å². The minimum Gasteiger partial charge on any atom is -0.460 e. The zero-order valence-corrected chi connectivity index (χ0v) is 11.6. The summed E-state index contributed by atoms with van der Waals surface area (Å²) in [5, 5.41) is 0. The van der Waals surface area contributed by atoms with Gasteiger partial charge in [-0.3, -0.25) is 4.79 Å². The third-order valence-corrected chi connectivity index (χ3v) is 4.34. The molecule has 2 aliphatic carbocycles. The Kier molecular flexibility index (Phi) is 3.51. The maximum absolute atomic E-state index is 12.1. The standard InChI is InChI=1S/C15H26O2/c1-14(2,3)17-13(16)12-7-6-10-15(11-12)8-4-5-9-15/h12H,4-11H2,1-3H3. The Morgan fingerprint density at radius 3 is 2.29 bits per heavy atom. The van der Waals surface area contributed by atoms with E-state index < -0.39 is 0 Å². The molecule has 0 N–H and O–H groups in total. The molecular weight excluding hydrogens is 212 g/mol. The summed E-state index contributed by atoms with van der Waals surface area (Å²) in [4.78, 5) is 12.1. The predicted molar refractivity (Wildman–Crippen MR) is 68.7 cm³/mol. The molecule has 0 bridgehead atoms. The van der Waals surface area contributed by atoms with Gasteiger partial charge >= 0.3 is 5.97 Å². The van der Waals surface area contributed by atoms with Crippen LogP contribution in [0, 0.1) is 11.3 Å². The summed E-state index contributed by atoms with van der Waals surface area (Å²) in [7, 11) is 0. The van der Waals surface area contributed by atoms with Gasteiger partial charge in [0.25, 0.3) is 0 Å². The summed E-state index contributed by atoms with van der Waals surface area (Å²) >= 11 is 0. The highest BCUT2D eigenvalue weighted by Crippen LogP contribution is 2.50. The van der Waals surface area contributed by atoms with Crippen LogP contribution >= 0.6 is 0 Å². The highest BCUT2D eigenvalue weighted by atomic mass is 16.6. The van der Waals surface area contributed by atoms with E-state index in [9.17, 15) is 4.79 Å². The third kappa shape index (κ3) is 3.23. The van der Waals surface area contributed by atoms with Crippen LogP contribution in [-0.4, -0.2) is 11.6 Å². The van der Waals surface area contributed by atoms with Crippen LogP contribution in [0.3, 0.4) is 0 Å². The molecule has 17 heavy (non-hydrogen) atoms. The van der Waals surface area contributed by atoms with Gasteiger partial charge in [-0.1, -0.05) is 19.3 Å². The maximum Gasteiger partial charge on any atom is 0.309 e. The molecule has 0 aliphatic heterocycles. The van der Waals surface area contributed by atoms with E-state index in [0.717, 1.165) is 12.8 Å². The fraction of sp³-hybridized carbons (Fsp3) is 0.933. The first-order chi connectivity index (χ1) is 7.90. The molecule has 1 atom stereocenters. The molecular formula is C15H26O2. The second-order valence-corrected chi connectivity index (χ2v) is 7.03. The fourth-order valence-corrected chi connectivity index (χ4v) is 3.62. The van der Waals surface area contributed by atoms with Crippen molar-refractivity contribution < 1.29 is 9.53 Å². The molecule has 2 fully saturated rings. The van der Waals surface area contributed by atoms with Crippen LogP contribution in [0.5, 0.6) is 0 Å². The lowest BCUT2D eigenvalue weighted by molar-refractivity contribution is -0.162. The molecule has 0 aromatic rings. The minimum absolute atomic E-state index is 0.0449. The lowest BCUT2D eigenvalue weighted by Crippen LogP contribution is -2.34. The SMILES string of the molecule is CC(C)(C)OC(=O)C1CCCC2(CCCC2)C1. The van der Waals surface area contributed by atoms with Crippen molar-refractivity contribution in [3.8, 4) is 0 Å². The number of rotatable bonds is 1. The Bertz CT molecular complexity index is 282. The normalized spacial score (nSPS) is 28.3. The number of esters is 1. The highest BCUT2D eigenvalue weighted by Gasteiger charge is 2.41. The second-order valence-electron chi connectivity index (χ2n) is 7.03. The molecule has 1 unspecified atom stereocenters. The summed E-state index contributed by atoms with van der Waals surface area (Å²) in [5.74, 6) is 0.213. The average molecular weight is 238 g/mol. The molecule has 2 rings (SSSR count). The summed E-state index contributed by atoms with van der Waals surface area (Å²) in [6, 6.07) is 0. The first kappa shape index (κ1) is 12.9. The van der Waals surface area contributed by atoms with Crippen molar-refractivity contribution in [3.63, 3.8) is 0 Å². The van der Waals surface area contributed by atoms with Gasteiger partial charge in [0, 0.05) is 0 Å². The molecule has 1 spiro atoms. The Morgan fingerprint density at radius 2 is 1.71 bits per heavy atom. The van der Waals surface area contributed by atoms with Crippen LogP contribution in [-0.2, 0) is 9.53 Å². The molecule has 2 heteroatoms. The van der Waals surface area contributed by atoms with Gasteiger partial charge in [0.2, 0.25) is 0 Å². The van der Waals surface area contributed by atoms with E-state index in [2.05, 4.69) is 0 Å². The number of hydrogen-bond donors (Lipinski definition) is 0. The fourth-order valence-electron chi connectivity index (χ4n) is 3.62. The van der Waals surface area contributed by atoms with Gasteiger partial charge < -0.3 is 4.74 Å². The molecule has 0 aromatic carbocycles. The summed E-state index contributed by atoms with van der Waals surface area (Å²) in [6.07, 6.45) is 10.1. The van der Waals surface area contributed by atoms with Crippen LogP contribution in [0.15, 0.2) is 0 Å². The summed E-state index contributed by atoms with van der Waals surface area (Å²) < 4.78 is 5.54. The van der Waals surface area contributed by atoms with Crippen molar-refractivity contribution in [3.05, 3.63) is 0 Å². The topological polar surface area (TPSA) is 26.3 Å². The van der Waals surface area contributed by atoms with Crippen LogP contribution < -0.4 is 0 Å². The maximum atomic E-state index is 12.1. The lowest BCUT2D eigenvalue weighted by Gasteiger charge is -2.38. The van der Waals surface area contributed by atoms with E-state index in [0.29, 0.717) is 5.41 Å². The number of hydrogen-bond acceptors (Lipinski definition) is 2. The highest BCUT2D eigenvalue weighted by molar-refractivity contribution is 5.73. The van der Waals surface area contributed by atoms with E-state index in [4.69, 9.17) is 4.74 Å². The van der Waals surface area contributed by atoms with Crippen molar-refractivity contribution in [2.75, 3.05) is 0 Å². The third-order valence-electron chi connectivity index (χ3n) is 4.34. The van der Waals surface area contributed by atoms with Crippen LogP contribution in [0.25, 0.3) is 0 Å². The Morgan fingerprint density at radius 1 is 1.12 bits per heavy atom. The number of carbonyl (C=O) groups excluding carboxylic acids is 1. The minimum atomic E-state index is -0.336. The van der Waals surface area contributed by atoms with E-state index in [-0.39, 0.29) is 17.5 Å². The average Bonchev–Trinajstić information content (AvgIpc) is 2.64. The smallest absolute Gasteiger partial charge is 0.309 e. The van der Waals surface area contributed by atoms with Crippen LogP contribution in [0.1, 0.15) is 72.1 Å². The van der Waals surface area contributed by atoms with E-state index in [1.807, 2.05) is 20.8 Å². The molecule has 0 heterocycles. The van der Waals surface area contributed by atoms with Crippen LogP contribution in [0.2, 0.25) is 0 Å². The van der Waals surface area contributed by atoms with Crippen molar-refractivity contribution >= 4 is 5.97 Å². The van der Waals surface area contributed by atoms with Gasteiger partial charge in [0.05, 0.1) is 5.92 Å². The molecule has 98 valence electrons. The predicted octanol–water partition coefficient (Wildman–Crippen LogP) is 4.08. The molecule has 2 nitrogen and oxygen atoms in total. The summed E-state index contributed by atoms with van der Waals surface area (Å²) in [6.45, 7) is 5.87. The van der Waals surface area contributed by atoms with Gasteiger partial charge in [-0.05, 0) is 58.3 Å². The summed E-state index contributed by atoms with van der Waals surface area (Å²) in [5.41, 5.74) is 0.164. The molecule has 2 aliphatic rings. The molecule has 0 radical (unpaired) electrons. The van der Waals surface area contributed by atoms with E-state index in [1.165, 1.54) is 38.5 Å². The van der Waals surface area contributed by atoms with Gasteiger partial charge in [-0.15, -0.1) is 0 Å². The zero-order chi connectivity index (χ0) is 12.5.